The van der Waals surface area contributed by atoms with Crippen LogP contribution in [0.4, 0.5) is 4.79 Å². The highest BCUT2D eigenvalue weighted by atomic mass is 35.7. The zero-order chi connectivity index (χ0) is 16.1. The molecule has 21 heavy (non-hydrogen) atoms. The van der Waals surface area contributed by atoms with Gasteiger partial charge in [0, 0.05) is 17.2 Å². The third kappa shape index (κ3) is 8.57. The fourth-order valence-corrected chi connectivity index (χ4v) is 2.59. The first kappa shape index (κ1) is 17.8. The number of carbonyl (C=O) groups is 1. The summed E-state index contributed by atoms with van der Waals surface area (Å²) in [5, 5.41) is 2.66. The molecule has 1 amide bonds. The number of amides is 1. The fourth-order valence-electron chi connectivity index (χ4n) is 1.62. The van der Waals surface area contributed by atoms with Gasteiger partial charge < -0.3 is 10.1 Å². The van der Waals surface area contributed by atoms with Crippen LogP contribution in [0.15, 0.2) is 24.3 Å². The lowest BCUT2D eigenvalue weighted by Gasteiger charge is -2.19. The lowest BCUT2D eigenvalue weighted by molar-refractivity contribution is 0.0528. The van der Waals surface area contributed by atoms with Gasteiger partial charge in [-0.1, -0.05) is 24.3 Å². The summed E-state index contributed by atoms with van der Waals surface area (Å²) in [6, 6.07) is 7.05. The first-order valence-electron chi connectivity index (χ1n) is 6.52. The second-order valence-corrected chi connectivity index (χ2v) is 8.46. The molecule has 0 bridgehead atoms. The largest absolute Gasteiger partial charge is 0.444 e. The molecule has 0 saturated heterocycles. The number of alkyl carbamates (subject to hydrolysis) is 1. The van der Waals surface area contributed by atoms with Crippen molar-refractivity contribution in [1.29, 1.82) is 0 Å². The summed E-state index contributed by atoms with van der Waals surface area (Å²) in [6.07, 6.45) is 0.181. The maximum atomic E-state index is 11.4. The van der Waals surface area contributed by atoms with Gasteiger partial charge in [0.25, 0.3) is 0 Å². The zero-order valence-corrected chi connectivity index (χ0v) is 13.9. The van der Waals surface area contributed by atoms with Gasteiger partial charge >= 0.3 is 6.09 Å². The Hall–Kier alpha value is -1.27. The van der Waals surface area contributed by atoms with Gasteiger partial charge in [0.1, 0.15) is 5.60 Å². The average Bonchev–Trinajstić information content (AvgIpc) is 2.27. The van der Waals surface area contributed by atoms with Gasteiger partial charge in [0.05, 0.1) is 5.75 Å². The van der Waals surface area contributed by atoms with Gasteiger partial charge in [0.15, 0.2) is 0 Å². The molecule has 0 heterocycles. The smallest absolute Gasteiger partial charge is 0.407 e. The zero-order valence-electron chi connectivity index (χ0n) is 12.3. The van der Waals surface area contributed by atoms with Crippen LogP contribution in [0.1, 0.15) is 31.9 Å². The minimum Gasteiger partial charge on any atom is -0.444 e. The summed E-state index contributed by atoms with van der Waals surface area (Å²) < 4.78 is 27.0. The summed E-state index contributed by atoms with van der Waals surface area (Å²) in [7, 11) is 1.65. The first-order valence-corrected chi connectivity index (χ1v) is 9.00. The molecule has 0 aliphatic rings. The van der Waals surface area contributed by atoms with Crippen LogP contribution in [-0.2, 0) is 26.0 Å². The molecular weight excluding hydrogens is 314 g/mol. The van der Waals surface area contributed by atoms with Crippen LogP contribution >= 0.6 is 10.7 Å². The first-order chi connectivity index (χ1) is 9.55. The summed E-state index contributed by atoms with van der Waals surface area (Å²) in [5.74, 6) is -0.189. The van der Waals surface area contributed by atoms with E-state index in [1.165, 1.54) is 0 Å². The van der Waals surface area contributed by atoms with Crippen molar-refractivity contribution in [3.8, 4) is 0 Å². The van der Waals surface area contributed by atoms with Crippen LogP contribution in [0.3, 0.4) is 0 Å². The van der Waals surface area contributed by atoms with Gasteiger partial charge in [-0.05, 0) is 38.3 Å². The average molecular weight is 334 g/mol. The van der Waals surface area contributed by atoms with Crippen molar-refractivity contribution in [3.63, 3.8) is 0 Å². The fraction of sp³-hybridized carbons (Fsp3) is 0.500. The van der Waals surface area contributed by atoms with Crippen molar-refractivity contribution >= 4 is 25.8 Å². The predicted octanol–water partition coefficient (Wildman–Crippen LogP) is 2.82. The third-order valence-electron chi connectivity index (χ3n) is 2.44. The second kappa shape index (κ2) is 7.13. The molecule has 1 aromatic carbocycles. The summed E-state index contributed by atoms with van der Waals surface area (Å²) in [6.45, 7) is 5.85. The maximum Gasteiger partial charge on any atom is 0.407 e. The molecular formula is C14H20ClNO4S. The van der Waals surface area contributed by atoms with E-state index in [1.54, 1.807) is 32.9 Å². The lowest BCUT2D eigenvalue weighted by atomic mass is 10.1. The van der Waals surface area contributed by atoms with Crippen LogP contribution in [0.5, 0.6) is 0 Å². The monoisotopic (exact) mass is 333 g/mol. The topological polar surface area (TPSA) is 72.5 Å². The molecule has 7 heteroatoms. The Morgan fingerprint density at radius 1 is 1.19 bits per heavy atom. The molecule has 0 saturated carbocycles. The van der Waals surface area contributed by atoms with Crippen molar-refractivity contribution in [2.45, 2.75) is 38.5 Å². The molecule has 1 aromatic rings. The van der Waals surface area contributed by atoms with E-state index in [0.29, 0.717) is 18.5 Å². The quantitative estimate of drug-likeness (QED) is 0.841. The molecule has 0 aliphatic heterocycles. The number of nitrogens with one attached hydrogen (secondary N) is 1. The molecule has 118 valence electrons. The predicted molar refractivity (Wildman–Crippen MR) is 82.9 cm³/mol. The normalized spacial score (nSPS) is 12.0. The van der Waals surface area contributed by atoms with E-state index in [2.05, 4.69) is 5.32 Å². The van der Waals surface area contributed by atoms with Gasteiger partial charge in [-0.3, -0.25) is 0 Å². The summed E-state index contributed by atoms with van der Waals surface area (Å²) >= 11 is 0. The SMILES string of the molecule is CC(C)(C)OC(=O)NCCc1ccc(CS(=O)(=O)Cl)cc1. The van der Waals surface area contributed by atoms with Crippen LogP contribution in [0.2, 0.25) is 0 Å². The lowest BCUT2D eigenvalue weighted by Crippen LogP contribution is -2.33. The van der Waals surface area contributed by atoms with Crippen molar-refractivity contribution in [2.24, 2.45) is 0 Å². The van der Waals surface area contributed by atoms with Gasteiger partial charge in [0.2, 0.25) is 9.05 Å². The molecule has 0 aliphatic carbocycles. The van der Waals surface area contributed by atoms with Crippen LogP contribution < -0.4 is 5.32 Å². The Morgan fingerprint density at radius 3 is 2.19 bits per heavy atom. The summed E-state index contributed by atoms with van der Waals surface area (Å²) in [4.78, 5) is 11.4. The Bertz CT molecular complexity index is 576. The highest BCUT2D eigenvalue weighted by Crippen LogP contribution is 2.11. The van der Waals surface area contributed by atoms with E-state index in [-0.39, 0.29) is 5.75 Å². The number of rotatable bonds is 5. The Morgan fingerprint density at radius 2 is 1.71 bits per heavy atom. The molecule has 1 rings (SSSR count). The standard InChI is InChI=1S/C14H20ClNO4S/c1-14(2,3)20-13(17)16-9-8-11-4-6-12(7-5-11)10-21(15,18)19/h4-7H,8-10H2,1-3H3,(H,16,17). The van der Waals surface area contributed by atoms with E-state index >= 15 is 0 Å². The molecule has 0 fully saturated rings. The molecule has 1 N–H and O–H groups in total. The van der Waals surface area contributed by atoms with Crippen LogP contribution in [0.25, 0.3) is 0 Å². The Balaban J connectivity index is 2.41. The van der Waals surface area contributed by atoms with Crippen molar-refractivity contribution < 1.29 is 17.9 Å². The van der Waals surface area contributed by atoms with Crippen LogP contribution in [-0.4, -0.2) is 26.7 Å². The number of benzene rings is 1. The van der Waals surface area contributed by atoms with E-state index < -0.39 is 20.7 Å². The highest BCUT2D eigenvalue weighted by Gasteiger charge is 2.15. The maximum absolute atomic E-state index is 11.4. The summed E-state index contributed by atoms with van der Waals surface area (Å²) in [5.41, 5.74) is 1.11. The second-order valence-electron chi connectivity index (χ2n) is 5.68. The minimum atomic E-state index is -3.54. The van der Waals surface area contributed by atoms with Crippen LogP contribution in [0, 0.1) is 0 Å². The number of halogens is 1. The van der Waals surface area contributed by atoms with E-state index in [9.17, 15) is 13.2 Å². The highest BCUT2D eigenvalue weighted by molar-refractivity contribution is 8.13. The van der Waals surface area contributed by atoms with Crippen molar-refractivity contribution in [3.05, 3.63) is 35.4 Å². The van der Waals surface area contributed by atoms with Gasteiger partial charge in [-0.25, -0.2) is 13.2 Å². The molecule has 0 unspecified atom stereocenters. The van der Waals surface area contributed by atoms with Crippen molar-refractivity contribution in [2.75, 3.05) is 6.54 Å². The molecule has 0 aromatic heterocycles. The van der Waals surface area contributed by atoms with E-state index in [0.717, 1.165) is 5.56 Å². The van der Waals surface area contributed by atoms with Crippen molar-refractivity contribution in [1.82, 2.24) is 5.32 Å². The number of hydrogen-bond acceptors (Lipinski definition) is 4. The number of hydrogen-bond donors (Lipinski definition) is 1. The number of carbonyl (C=O) groups excluding carboxylic acids is 1. The third-order valence-corrected chi connectivity index (χ3v) is 3.45. The number of ether oxygens (including phenoxy) is 1. The molecule has 0 spiro atoms. The Kier molecular flexibility index (Phi) is 6.04. The van der Waals surface area contributed by atoms with E-state index in [1.807, 2.05) is 12.1 Å². The molecule has 5 nitrogen and oxygen atoms in total. The van der Waals surface area contributed by atoms with Gasteiger partial charge in [-0.2, -0.15) is 0 Å². The minimum absolute atomic E-state index is 0.189. The molecule has 0 radical (unpaired) electrons. The van der Waals surface area contributed by atoms with Gasteiger partial charge in [-0.15, -0.1) is 0 Å². The Labute approximate surface area is 130 Å². The van der Waals surface area contributed by atoms with E-state index in [4.69, 9.17) is 15.4 Å². The molecule has 0 atom stereocenters.